The summed E-state index contributed by atoms with van der Waals surface area (Å²) >= 11 is 3.04. The molecule has 0 spiro atoms. The molecule has 3 heterocycles. The lowest BCUT2D eigenvalue weighted by atomic mass is 10.2. The summed E-state index contributed by atoms with van der Waals surface area (Å²) in [4.78, 5) is 14.2. The number of carbonyl (C=O) groups excluding carboxylic acids is 1. The fourth-order valence-corrected chi connectivity index (χ4v) is 4.31. The average Bonchev–Trinajstić information content (AvgIpc) is 3.37. The van der Waals surface area contributed by atoms with Gasteiger partial charge in [0.15, 0.2) is 11.5 Å². The molecular weight excluding hydrogens is 370 g/mol. The molecule has 0 fully saturated rings. The second-order valence-corrected chi connectivity index (χ2v) is 7.83. The summed E-state index contributed by atoms with van der Waals surface area (Å²) in [7, 11) is 0. The van der Waals surface area contributed by atoms with Gasteiger partial charge in [-0.25, -0.2) is 0 Å². The van der Waals surface area contributed by atoms with Crippen molar-refractivity contribution in [3.05, 3.63) is 68.5 Å². The van der Waals surface area contributed by atoms with Crippen LogP contribution in [0.4, 0.5) is 0 Å². The predicted molar refractivity (Wildman–Crippen MR) is 101 cm³/mol. The number of fused-ring (bicyclic) bond motifs is 1. The van der Waals surface area contributed by atoms with E-state index in [0.717, 1.165) is 15.3 Å². The fraction of sp³-hybridized carbons (Fsp3) is 0.211. The van der Waals surface area contributed by atoms with E-state index in [1.54, 1.807) is 17.4 Å². The van der Waals surface area contributed by atoms with Crippen molar-refractivity contribution in [3.63, 3.8) is 0 Å². The van der Waals surface area contributed by atoms with E-state index in [1.165, 1.54) is 11.3 Å². The minimum atomic E-state index is -0.666. The third-order valence-corrected chi connectivity index (χ3v) is 5.89. The third kappa shape index (κ3) is 3.60. The first-order chi connectivity index (χ1) is 12.7. The molecule has 1 amide bonds. The van der Waals surface area contributed by atoms with Crippen molar-refractivity contribution < 1.29 is 19.4 Å². The quantitative estimate of drug-likeness (QED) is 0.705. The van der Waals surface area contributed by atoms with Crippen LogP contribution in [0.5, 0.6) is 11.5 Å². The fourth-order valence-electron chi connectivity index (χ4n) is 2.67. The SMILES string of the molecule is O=C(NCc1ccc([C@H](O)c2ccsc2)s1)[C@@H]1COc2ccccc2O1. The Hall–Kier alpha value is -2.35. The highest BCUT2D eigenvalue weighted by atomic mass is 32.1. The number of hydrogen-bond acceptors (Lipinski definition) is 6. The number of amides is 1. The standard InChI is InChI=1S/C19H17NO4S2/c21-18(12-7-8-25-11-12)17-6-5-13(26-17)9-20-19(22)16-10-23-14-3-1-2-4-15(14)24-16/h1-8,11,16,18,21H,9-10H2,(H,20,22)/t16-,18+/m0/s1. The normalized spacial score (nSPS) is 16.9. The molecule has 3 aromatic rings. The topological polar surface area (TPSA) is 67.8 Å². The van der Waals surface area contributed by atoms with Crippen molar-refractivity contribution in [2.24, 2.45) is 0 Å². The van der Waals surface area contributed by atoms with E-state index in [4.69, 9.17) is 9.47 Å². The number of rotatable bonds is 5. The van der Waals surface area contributed by atoms with Crippen molar-refractivity contribution in [2.75, 3.05) is 6.61 Å². The number of carbonyl (C=O) groups is 1. The Bertz CT molecular complexity index is 891. The largest absolute Gasteiger partial charge is 0.485 e. The molecule has 2 aromatic heterocycles. The average molecular weight is 387 g/mol. The van der Waals surface area contributed by atoms with Crippen LogP contribution >= 0.6 is 22.7 Å². The number of benzene rings is 1. The van der Waals surface area contributed by atoms with E-state index in [0.29, 0.717) is 18.0 Å². The van der Waals surface area contributed by atoms with Crippen LogP contribution in [0.1, 0.15) is 21.4 Å². The Morgan fingerprint density at radius 3 is 2.88 bits per heavy atom. The lowest BCUT2D eigenvalue weighted by Crippen LogP contribution is -2.43. The minimum absolute atomic E-state index is 0.190. The van der Waals surface area contributed by atoms with Crippen LogP contribution in [0, 0.1) is 0 Å². The van der Waals surface area contributed by atoms with Gasteiger partial charge < -0.3 is 19.9 Å². The van der Waals surface area contributed by atoms with Crippen molar-refractivity contribution in [2.45, 2.75) is 18.8 Å². The van der Waals surface area contributed by atoms with E-state index in [-0.39, 0.29) is 12.5 Å². The summed E-state index contributed by atoms with van der Waals surface area (Å²) < 4.78 is 11.3. The number of para-hydroxylation sites is 2. The summed E-state index contributed by atoms with van der Waals surface area (Å²) in [5.74, 6) is 1.02. The van der Waals surface area contributed by atoms with Crippen molar-refractivity contribution >= 4 is 28.6 Å². The Morgan fingerprint density at radius 2 is 2.08 bits per heavy atom. The van der Waals surface area contributed by atoms with Gasteiger partial charge >= 0.3 is 0 Å². The molecule has 7 heteroatoms. The smallest absolute Gasteiger partial charge is 0.264 e. The lowest BCUT2D eigenvalue weighted by Gasteiger charge is -2.25. The van der Waals surface area contributed by atoms with Gasteiger partial charge in [0.2, 0.25) is 6.10 Å². The van der Waals surface area contributed by atoms with Crippen molar-refractivity contribution in [3.8, 4) is 11.5 Å². The second-order valence-electron chi connectivity index (χ2n) is 5.85. The molecule has 0 bridgehead atoms. The van der Waals surface area contributed by atoms with Crippen LogP contribution in [-0.4, -0.2) is 23.7 Å². The van der Waals surface area contributed by atoms with Gasteiger partial charge in [0, 0.05) is 9.75 Å². The van der Waals surface area contributed by atoms with Crippen LogP contribution in [0.25, 0.3) is 0 Å². The second kappa shape index (κ2) is 7.49. The zero-order valence-corrected chi connectivity index (χ0v) is 15.4. The number of nitrogens with one attached hydrogen (secondary N) is 1. The molecule has 1 aromatic carbocycles. The van der Waals surface area contributed by atoms with E-state index in [9.17, 15) is 9.90 Å². The molecule has 5 nitrogen and oxygen atoms in total. The number of thiophene rings is 2. The lowest BCUT2D eigenvalue weighted by molar-refractivity contribution is -0.130. The summed E-state index contributed by atoms with van der Waals surface area (Å²) in [5.41, 5.74) is 0.888. The van der Waals surface area contributed by atoms with Gasteiger partial charge in [0.25, 0.3) is 5.91 Å². The van der Waals surface area contributed by atoms with Crippen LogP contribution in [0.3, 0.4) is 0 Å². The number of ether oxygens (including phenoxy) is 2. The van der Waals surface area contributed by atoms with Gasteiger partial charge in [0.05, 0.1) is 6.54 Å². The van der Waals surface area contributed by atoms with E-state index in [1.807, 2.05) is 47.2 Å². The molecule has 0 aliphatic carbocycles. The molecule has 4 rings (SSSR count). The molecule has 2 atom stereocenters. The van der Waals surface area contributed by atoms with Crippen LogP contribution < -0.4 is 14.8 Å². The molecule has 2 N–H and O–H groups in total. The van der Waals surface area contributed by atoms with Gasteiger partial charge in [0.1, 0.15) is 12.7 Å². The number of hydrogen-bond donors (Lipinski definition) is 2. The van der Waals surface area contributed by atoms with E-state index < -0.39 is 12.2 Å². The first kappa shape index (κ1) is 17.1. The molecule has 0 unspecified atom stereocenters. The highest BCUT2D eigenvalue weighted by Gasteiger charge is 2.27. The zero-order valence-electron chi connectivity index (χ0n) is 13.8. The summed E-state index contributed by atoms with van der Waals surface area (Å²) in [6.07, 6.45) is -1.29. The van der Waals surface area contributed by atoms with Crippen molar-refractivity contribution in [1.29, 1.82) is 0 Å². The van der Waals surface area contributed by atoms with Gasteiger partial charge in [-0.2, -0.15) is 11.3 Å². The Kier molecular flexibility index (Phi) is 4.92. The molecule has 26 heavy (non-hydrogen) atoms. The molecule has 0 radical (unpaired) electrons. The molecular formula is C19H17NO4S2. The summed E-state index contributed by atoms with van der Waals surface area (Å²) in [6.45, 7) is 0.580. The van der Waals surface area contributed by atoms with Crippen LogP contribution in [0.2, 0.25) is 0 Å². The predicted octanol–water partition coefficient (Wildman–Crippen LogP) is 3.35. The highest BCUT2D eigenvalue weighted by molar-refractivity contribution is 7.12. The Morgan fingerprint density at radius 1 is 1.23 bits per heavy atom. The van der Waals surface area contributed by atoms with Gasteiger partial charge in [-0.05, 0) is 46.7 Å². The molecule has 134 valence electrons. The Balaban J connectivity index is 1.34. The van der Waals surface area contributed by atoms with Crippen LogP contribution in [-0.2, 0) is 11.3 Å². The molecule has 0 saturated heterocycles. The molecule has 1 aliphatic heterocycles. The van der Waals surface area contributed by atoms with Gasteiger partial charge in [-0.15, -0.1) is 11.3 Å². The third-order valence-electron chi connectivity index (χ3n) is 4.05. The maximum absolute atomic E-state index is 12.3. The zero-order chi connectivity index (χ0) is 17.9. The minimum Gasteiger partial charge on any atom is -0.485 e. The maximum Gasteiger partial charge on any atom is 0.264 e. The number of aliphatic hydroxyl groups is 1. The number of aliphatic hydroxyl groups excluding tert-OH is 1. The van der Waals surface area contributed by atoms with E-state index >= 15 is 0 Å². The molecule has 0 saturated carbocycles. The van der Waals surface area contributed by atoms with E-state index in [2.05, 4.69) is 5.32 Å². The summed E-state index contributed by atoms with van der Waals surface area (Å²) in [5, 5.41) is 17.1. The maximum atomic E-state index is 12.3. The Labute approximate surface area is 158 Å². The first-order valence-electron chi connectivity index (χ1n) is 8.15. The monoisotopic (exact) mass is 387 g/mol. The first-order valence-corrected chi connectivity index (χ1v) is 9.91. The van der Waals surface area contributed by atoms with Gasteiger partial charge in [-0.1, -0.05) is 12.1 Å². The summed E-state index contributed by atoms with van der Waals surface area (Å²) in [6, 6.07) is 13.0. The van der Waals surface area contributed by atoms with Crippen LogP contribution in [0.15, 0.2) is 53.2 Å². The van der Waals surface area contributed by atoms with Crippen molar-refractivity contribution in [1.82, 2.24) is 5.32 Å². The highest BCUT2D eigenvalue weighted by Crippen LogP contribution is 2.31. The molecule has 1 aliphatic rings. The van der Waals surface area contributed by atoms with Gasteiger partial charge in [-0.3, -0.25) is 4.79 Å².